The monoisotopic (exact) mass is 811 g/mol. The van der Waals surface area contributed by atoms with Crippen LogP contribution in [0.5, 0.6) is 0 Å². The summed E-state index contributed by atoms with van der Waals surface area (Å²) in [4.78, 5) is 14.8. The highest BCUT2D eigenvalue weighted by atomic mass is 15.3. The van der Waals surface area contributed by atoms with Crippen LogP contribution in [-0.4, -0.2) is 24.1 Å². The molecule has 12 aromatic rings. The highest BCUT2D eigenvalue weighted by Gasteiger charge is 2.22. The predicted octanol–water partition coefficient (Wildman–Crippen LogP) is 14.4. The molecule has 12 rings (SSSR count). The molecular weight excluding hydrogens is 755 g/mol. The molecule has 0 atom stereocenters. The maximum Gasteiger partial charge on any atom is 0.240 e. The Hall–Kier alpha value is -8.41. The number of rotatable bonds is 7. The van der Waals surface area contributed by atoms with Crippen LogP contribution in [0.3, 0.4) is 0 Å². The Morgan fingerprint density at radius 1 is 0.323 bits per heavy atom. The van der Waals surface area contributed by atoms with Crippen LogP contribution in [0.2, 0.25) is 0 Å². The zero-order valence-electron chi connectivity index (χ0n) is 52.1. The Kier molecular flexibility index (Phi) is 4.91. The van der Waals surface area contributed by atoms with E-state index in [0.29, 0.717) is 11.1 Å². The third-order valence-electron chi connectivity index (χ3n) is 10.6. The van der Waals surface area contributed by atoms with E-state index in [2.05, 4.69) is 0 Å². The summed E-state index contributed by atoms with van der Waals surface area (Å²) in [6.45, 7) is 0. The van der Waals surface area contributed by atoms with Crippen molar-refractivity contribution in [2.75, 3.05) is 0 Å². The van der Waals surface area contributed by atoms with E-state index in [1.54, 1.807) is 24.3 Å². The summed E-state index contributed by atoms with van der Waals surface area (Å²) < 4.78 is 183. The van der Waals surface area contributed by atoms with Gasteiger partial charge in [-0.25, -0.2) is 0 Å². The summed E-state index contributed by atoms with van der Waals surface area (Å²) in [6, 6.07) is 17.0. The fourth-order valence-electron chi connectivity index (χ4n) is 7.89. The summed E-state index contributed by atoms with van der Waals surface area (Å²) in [5, 5.41) is -1.45. The average Bonchev–Trinajstić information content (AvgIpc) is 3.70. The van der Waals surface area contributed by atoms with Crippen molar-refractivity contribution in [2.24, 2.45) is 0 Å². The first-order valence-corrected chi connectivity index (χ1v) is 19.3. The molecule has 0 aliphatic rings. The lowest BCUT2D eigenvalue weighted by molar-refractivity contribution is 0.893. The van der Waals surface area contributed by atoms with E-state index in [4.69, 9.17) is 32.8 Å². The van der Waals surface area contributed by atoms with Crippen molar-refractivity contribution < 1.29 is 27.4 Å². The molecule has 0 N–H and O–H groups in total. The lowest BCUT2D eigenvalue weighted by Crippen LogP contribution is -2.10. The molecule has 0 aliphatic carbocycles. The summed E-state index contributed by atoms with van der Waals surface area (Å²) in [5.41, 5.74) is 2.00. The minimum absolute atomic E-state index is 0.237. The number of fused-ring (bicyclic) bond motifs is 6. The number of hydrogen-bond acceptors (Lipinski definition) is 3. The van der Waals surface area contributed by atoms with Crippen LogP contribution >= 0.6 is 0 Å². The number of benzene rings is 9. The van der Waals surface area contributed by atoms with Gasteiger partial charge < -0.3 is 0 Å². The summed E-state index contributed by atoms with van der Waals surface area (Å²) in [5.74, 6) is -1.40. The van der Waals surface area contributed by atoms with Crippen LogP contribution in [0.25, 0.3) is 111 Å². The van der Waals surface area contributed by atoms with E-state index in [1.807, 2.05) is 78.9 Å². The quantitative estimate of drug-likeness (QED) is 0.161. The SMILES string of the molecule is [2H]c1c([2H])c([2H])c(-c2c([2H])c([2H])c3c4c([2H])c([2H])c([2H])c([2H])c4n(-c4nc(-c5ccccc5-c5cccc(-c6ccccc6-c6ccccc6)c5)nc(-n5c6c([2H])c([2H])c([2H])c([2H])c6c6c([2H])c([2H])c([2H])c([2H])c65)n4)c3c2[2H])c([2H])c1[2H]. The first kappa shape index (κ1) is 20.7. The minimum atomic E-state index is -0.826. The zero-order valence-corrected chi connectivity index (χ0v) is 32.1. The van der Waals surface area contributed by atoms with Gasteiger partial charge in [0.15, 0.2) is 5.82 Å². The van der Waals surface area contributed by atoms with Crippen LogP contribution in [0.4, 0.5) is 0 Å². The van der Waals surface area contributed by atoms with E-state index < -0.39 is 177 Å². The van der Waals surface area contributed by atoms with Gasteiger partial charge in [-0.1, -0.05) is 194 Å². The fourth-order valence-corrected chi connectivity index (χ4v) is 7.89. The van der Waals surface area contributed by atoms with Gasteiger partial charge in [0, 0.05) is 27.1 Å². The van der Waals surface area contributed by atoms with Gasteiger partial charge in [0.1, 0.15) is 0 Å². The second-order valence-electron chi connectivity index (χ2n) is 14.1. The van der Waals surface area contributed by atoms with Crippen molar-refractivity contribution in [1.82, 2.24) is 24.1 Å². The highest BCUT2D eigenvalue weighted by molar-refractivity contribution is 6.11. The molecule has 0 unspecified atom stereocenters. The second kappa shape index (κ2) is 14.7. The molecule has 9 aromatic carbocycles. The van der Waals surface area contributed by atoms with Crippen LogP contribution in [-0.2, 0) is 0 Å². The predicted molar refractivity (Wildman–Crippen MR) is 256 cm³/mol. The first-order chi connectivity index (χ1) is 39.1. The lowest BCUT2D eigenvalue weighted by Gasteiger charge is -2.15. The molecule has 5 heteroatoms. The van der Waals surface area contributed by atoms with Gasteiger partial charge in [-0.2, -0.15) is 15.0 Å². The van der Waals surface area contributed by atoms with Crippen molar-refractivity contribution in [2.45, 2.75) is 0 Å². The maximum absolute atomic E-state index is 9.98. The standard InChI is InChI=1S/C57H37N5/c1-3-18-38(19-4-1)40-34-35-49-48-29-13-16-33-53(48)62(54(49)37-40)57-59-55(58-56(60-57)61-51-31-14-11-27-46(51)47-28-12-15-32-52(47)61)50-30-10-9-26-45(50)42-23-17-22-41(36-42)44-25-8-7-24-43(44)39-20-5-2-6-21-39/h1-37H/i1D,3D,4D,11D,12D,13D,14D,15D,16D,18D,19D,27D,28D,29D,31D,32D,33D,34D,35D,37D. The first-order valence-electron chi connectivity index (χ1n) is 29.3. The highest BCUT2D eigenvalue weighted by Crippen LogP contribution is 2.39. The fraction of sp³-hybridized carbons (Fsp3) is 0. The van der Waals surface area contributed by atoms with Gasteiger partial charge in [0.2, 0.25) is 11.9 Å². The van der Waals surface area contributed by atoms with Gasteiger partial charge in [0.25, 0.3) is 0 Å². The minimum Gasteiger partial charge on any atom is -0.278 e. The van der Waals surface area contributed by atoms with Crippen LogP contribution in [0, 0.1) is 0 Å². The molecule has 290 valence electrons. The third kappa shape index (κ3) is 5.90. The molecule has 0 saturated carbocycles. The summed E-state index contributed by atoms with van der Waals surface area (Å²) >= 11 is 0. The van der Waals surface area contributed by atoms with Gasteiger partial charge in [0.05, 0.1) is 49.5 Å². The molecule has 0 amide bonds. The Bertz CT molecular complexity index is 4720. The average molecular weight is 812 g/mol. The summed E-state index contributed by atoms with van der Waals surface area (Å²) in [7, 11) is 0. The molecule has 62 heavy (non-hydrogen) atoms. The van der Waals surface area contributed by atoms with Crippen molar-refractivity contribution in [3.8, 4) is 67.8 Å². The Morgan fingerprint density at radius 3 is 1.37 bits per heavy atom. The topological polar surface area (TPSA) is 48.5 Å². The molecule has 0 fully saturated rings. The van der Waals surface area contributed by atoms with Crippen LogP contribution in [0.1, 0.15) is 27.4 Å². The van der Waals surface area contributed by atoms with E-state index in [-0.39, 0.29) is 22.2 Å². The Balaban J connectivity index is 1.26. The molecule has 0 aliphatic heterocycles. The molecule has 3 heterocycles. The van der Waals surface area contributed by atoms with Crippen molar-refractivity contribution in [1.29, 1.82) is 0 Å². The van der Waals surface area contributed by atoms with Gasteiger partial charge >= 0.3 is 0 Å². The second-order valence-corrected chi connectivity index (χ2v) is 14.1. The van der Waals surface area contributed by atoms with E-state index in [0.717, 1.165) is 31.4 Å². The number of hydrogen-bond donors (Lipinski definition) is 0. The molecule has 0 saturated heterocycles. The number of aromatic nitrogens is 5. The maximum atomic E-state index is 9.98. The van der Waals surface area contributed by atoms with Crippen molar-refractivity contribution in [3.63, 3.8) is 0 Å². The van der Waals surface area contributed by atoms with Crippen molar-refractivity contribution in [3.05, 3.63) is 224 Å². The van der Waals surface area contributed by atoms with E-state index in [1.165, 1.54) is 0 Å². The smallest absolute Gasteiger partial charge is 0.240 e. The number of nitrogens with zero attached hydrogens (tertiary/aromatic N) is 5. The molecular formula is C57H37N5. The molecule has 3 aromatic heterocycles. The number of para-hydroxylation sites is 3. The largest absolute Gasteiger partial charge is 0.278 e. The van der Waals surface area contributed by atoms with Gasteiger partial charge in [-0.05, 0) is 74.7 Å². The van der Waals surface area contributed by atoms with E-state index >= 15 is 0 Å². The molecule has 5 nitrogen and oxygen atoms in total. The lowest BCUT2D eigenvalue weighted by atomic mass is 9.91. The Morgan fingerprint density at radius 2 is 0.774 bits per heavy atom. The van der Waals surface area contributed by atoms with Gasteiger partial charge in [-0.15, -0.1) is 0 Å². The van der Waals surface area contributed by atoms with Gasteiger partial charge in [-0.3, -0.25) is 9.13 Å². The summed E-state index contributed by atoms with van der Waals surface area (Å²) in [6.07, 6.45) is 0. The van der Waals surface area contributed by atoms with E-state index in [9.17, 15) is 9.60 Å². The molecule has 0 spiro atoms. The molecule has 0 radical (unpaired) electrons. The van der Waals surface area contributed by atoms with Crippen molar-refractivity contribution >= 4 is 43.6 Å². The zero-order chi connectivity index (χ0) is 58.4. The third-order valence-corrected chi connectivity index (χ3v) is 10.6. The van der Waals surface area contributed by atoms with Crippen LogP contribution < -0.4 is 0 Å². The Labute approximate surface area is 386 Å². The molecule has 0 bridgehead atoms. The normalized spacial score (nSPS) is 16.1. The van der Waals surface area contributed by atoms with Crippen LogP contribution in [0.15, 0.2) is 224 Å².